The van der Waals surface area contributed by atoms with Gasteiger partial charge in [0.25, 0.3) is 0 Å². The van der Waals surface area contributed by atoms with Crippen LogP contribution in [0.4, 0.5) is 0 Å². The van der Waals surface area contributed by atoms with Crippen LogP contribution in [0, 0.1) is 5.92 Å². The summed E-state index contributed by atoms with van der Waals surface area (Å²) in [5.41, 5.74) is 5.73. The minimum absolute atomic E-state index is 0.135. The molecule has 0 bridgehead atoms. The van der Waals surface area contributed by atoms with Gasteiger partial charge in [-0.15, -0.1) is 0 Å². The molecule has 0 aromatic carbocycles. The van der Waals surface area contributed by atoms with Crippen LogP contribution in [-0.4, -0.2) is 17.8 Å². The van der Waals surface area contributed by atoms with Gasteiger partial charge in [0, 0.05) is 12.6 Å². The highest BCUT2D eigenvalue weighted by Gasteiger charge is 2.11. The molecule has 3 N–H and O–H groups in total. The lowest BCUT2D eigenvalue weighted by molar-refractivity contribution is 0.197. The standard InChI is InChI=1S/C11H25NO/c1-3-4-5-6-7-8-11(9-13)10(2)12/h10-11,13H,3-9,12H2,1-2H3. The molecule has 2 nitrogen and oxygen atoms in total. The average molecular weight is 187 g/mol. The third-order valence-corrected chi connectivity index (χ3v) is 2.66. The second-order valence-corrected chi connectivity index (χ2v) is 4.00. The Hall–Kier alpha value is -0.0800. The first-order valence-electron chi connectivity index (χ1n) is 5.58. The second kappa shape index (κ2) is 8.52. The van der Waals surface area contributed by atoms with Crippen molar-refractivity contribution in [3.8, 4) is 0 Å². The van der Waals surface area contributed by atoms with Gasteiger partial charge < -0.3 is 10.8 Å². The van der Waals surface area contributed by atoms with Crippen LogP contribution in [0.3, 0.4) is 0 Å². The highest BCUT2D eigenvalue weighted by atomic mass is 16.3. The van der Waals surface area contributed by atoms with Crippen LogP contribution < -0.4 is 5.73 Å². The molecule has 0 heterocycles. The zero-order chi connectivity index (χ0) is 10.1. The molecule has 0 saturated heterocycles. The lowest BCUT2D eigenvalue weighted by atomic mass is 9.95. The lowest BCUT2D eigenvalue weighted by Crippen LogP contribution is -2.29. The summed E-state index contributed by atoms with van der Waals surface area (Å²) in [6.07, 6.45) is 7.54. The number of aliphatic hydroxyl groups excluding tert-OH is 1. The van der Waals surface area contributed by atoms with E-state index in [1.54, 1.807) is 0 Å². The van der Waals surface area contributed by atoms with E-state index in [1.165, 1.54) is 32.1 Å². The van der Waals surface area contributed by atoms with E-state index >= 15 is 0 Å². The quantitative estimate of drug-likeness (QED) is 0.573. The third kappa shape index (κ3) is 7.03. The molecule has 0 fully saturated rings. The summed E-state index contributed by atoms with van der Waals surface area (Å²) in [6, 6.07) is 0.135. The Morgan fingerprint density at radius 1 is 1.15 bits per heavy atom. The molecule has 0 aliphatic heterocycles. The van der Waals surface area contributed by atoms with E-state index in [0.717, 1.165) is 6.42 Å². The maximum Gasteiger partial charge on any atom is 0.0473 e. The van der Waals surface area contributed by atoms with Gasteiger partial charge in [-0.1, -0.05) is 39.0 Å². The van der Waals surface area contributed by atoms with Gasteiger partial charge in [-0.3, -0.25) is 0 Å². The van der Waals surface area contributed by atoms with Crippen molar-refractivity contribution < 1.29 is 5.11 Å². The Balaban J connectivity index is 3.28. The normalized spacial score (nSPS) is 15.7. The molecule has 0 aliphatic rings. The molecule has 0 radical (unpaired) electrons. The fourth-order valence-corrected chi connectivity index (χ4v) is 1.53. The molecular weight excluding hydrogens is 162 g/mol. The molecule has 2 atom stereocenters. The number of nitrogens with two attached hydrogens (primary N) is 1. The summed E-state index contributed by atoms with van der Waals surface area (Å²) in [5.74, 6) is 0.307. The number of hydrogen-bond donors (Lipinski definition) is 2. The molecule has 2 heteroatoms. The molecule has 13 heavy (non-hydrogen) atoms. The van der Waals surface area contributed by atoms with Crippen molar-refractivity contribution in [3.05, 3.63) is 0 Å². The fraction of sp³-hybridized carbons (Fsp3) is 1.00. The van der Waals surface area contributed by atoms with Crippen molar-refractivity contribution in [2.75, 3.05) is 6.61 Å². The van der Waals surface area contributed by atoms with E-state index in [-0.39, 0.29) is 12.6 Å². The summed E-state index contributed by atoms with van der Waals surface area (Å²) < 4.78 is 0. The van der Waals surface area contributed by atoms with Gasteiger partial charge in [-0.05, 0) is 19.3 Å². The van der Waals surface area contributed by atoms with Gasteiger partial charge >= 0.3 is 0 Å². The van der Waals surface area contributed by atoms with Crippen LogP contribution >= 0.6 is 0 Å². The van der Waals surface area contributed by atoms with E-state index in [0.29, 0.717) is 5.92 Å². The highest BCUT2D eigenvalue weighted by molar-refractivity contribution is 4.67. The van der Waals surface area contributed by atoms with Crippen molar-refractivity contribution in [2.24, 2.45) is 11.7 Å². The Morgan fingerprint density at radius 3 is 2.23 bits per heavy atom. The van der Waals surface area contributed by atoms with Crippen LogP contribution in [0.1, 0.15) is 52.4 Å². The predicted octanol–water partition coefficient (Wildman–Crippen LogP) is 2.30. The van der Waals surface area contributed by atoms with Crippen LogP contribution in [0.15, 0.2) is 0 Å². The molecule has 80 valence electrons. The minimum atomic E-state index is 0.135. The topological polar surface area (TPSA) is 46.2 Å². The highest BCUT2D eigenvalue weighted by Crippen LogP contribution is 2.13. The maximum atomic E-state index is 9.02. The molecule has 0 aliphatic carbocycles. The summed E-state index contributed by atoms with van der Waals surface area (Å²) in [4.78, 5) is 0. The first kappa shape index (κ1) is 12.9. The smallest absolute Gasteiger partial charge is 0.0473 e. The van der Waals surface area contributed by atoms with Crippen molar-refractivity contribution >= 4 is 0 Å². The van der Waals surface area contributed by atoms with Gasteiger partial charge in [-0.2, -0.15) is 0 Å². The minimum Gasteiger partial charge on any atom is -0.396 e. The van der Waals surface area contributed by atoms with E-state index < -0.39 is 0 Å². The molecule has 0 amide bonds. The first-order valence-corrected chi connectivity index (χ1v) is 5.58. The molecule has 2 unspecified atom stereocenters. The summed E-state index contributed by atoms with van der Waals surface area (Å²) in [7, 11) is 0. The van der Waals surface area contributed by atoms with E-state index in [1.807, 2.05) is 6.92 Å². The molecule has 0 aromatic rings. The van der Waals surface area contributed by atoms with Gasteiger partial charge in [0.1, 0.15) is 0 Å². The van der Waals surface area contributed by atoms with Gasteiger partial charge in [-0.25, -0.2) is 0 Å². The Kier molecular flexibility index (Phi) is 8.46. The third-order valence-electron chi connectivity index (χ3n) is 2.66. The van der Waals surface area contributed by atoms with E-state index in [2.05, 4.69) is 6.92 Å². The molecule has 0 rings (SSSR count). The number of rotatable bonds is 8. The van der Waals surface area contributed by atoms with Crippen LogP contribution in [-0.2, 0) is 0 Å². The summed E-state index contributed by atoms with van der Waals surface area (Å²) in [6.45, 7) is 4.44. The van der Waals surface area contributed by atoms with Crippen molar-refractivity contribution in [1.82, 2.24) is 0 Å². The summed E-state index contributed by atoms with van der Waals surface area (Å²) >= 11 is 0. The lowest BCUT2D eigenvalue weighted by Gasteiger charge is -2.17. The number of aliphatic hydroxyl groups is 1. The maximum absolute atomic E-state index is 9.02. The summed E-state index contributed by atoms with van der Waals surface area (Å²) in [5, 5.41) is 9.02. The molecule has 0 saturated carbocycles. The van der Waals surface area contributed by atoms with Gasteiger partial charge in [0.2, 0.25) is 0 Å². The first-order chi connectivity index (χ1) is 6.22. The molecular formula is C11H25NO. The Morgan fingerprint density at radius 2 is 1.77 bits per heavy atom. The number of unbranched alkanes of at least 4 members (excludes halogenated alkanes) is 4. The van der Waals surface area contributed by atoms with E-state index in [4.69, 9.17) is 10.8 Å². The Labute approximate surface area is 82.5 Å². The van der Waals surface area contributed by atoms with Crippen LogP contribution in [0.25, 0.3) is 0 Å². The molecule has 0 spiro atoms. The SMILES string of the molecule is CCCCCCCC(CO)C(C)N. The van der Waals surface area contributed by atoms with Gasteiger partial charge in [0.05, 0.1) is 0 Å². The Bertz CT molecular complexity index is 104. The van der Waals surface area contributed by atoms with Gasteiger partial charge in [0.15, 0.2) is 0 Å². The van der Waals surface area contributed by atoms with Crippen molar-refractivity contribution in [1.29, 1.82) is 0 Å². The fourth-order valence-electron chi connectivity index (χ4n) is 1.53. The second-order valence-electron chi connectivity index (χ2n) is 4.00. The predicted molar refractivity (Wildman–Crippen MR) is 57.6 cm³/mol. The number of hydrogen-bond acceptors (Lipinski definition) is 2. The zero-order valence-electron chi connectivity index (χ0n) is 9.13. The monoisotopic (exact) mass is 187 g/mol. The largest absolute Gasteiger partial charge is 0.396 e. The van der Waals surface area contributed by atoms with Crippen LogP contribution in [0.5, 0.6) is 0 Å². The molecule has 0 aromatic heterocycles. The van der Waals surface area contributed by atoms with E-state index in [9.17, 15) is 0 Å². The van der Waals surface area contributed by atoms with Crippen molar-refractivity contribution in [2.45, 2.75) is 58.4 Å². The van der Waals surface area contributed by atoms with Crippen molar-refractivity contribution in [3.63, 3.8) is 0 Å². The van der Waals surface area contributed by atoms with Crippen LogP contribution in [0.2, 0.25) is 0 Å². The average Bonchev–Trinajstić information content (AvgIpc) is 2.10. The zero-order valence-corrected chi connectivity index (χ0v) is 9.13.